The van der Waals surface area contributed by atoms with E-state index in [4.69, 9.17) is 5.53 Å². The number of fused-ring (bicyclic) bond motifs is 1. The number of carbonyl (C=O) groups is 2. The Hall–Kier alpha value is -3.44. The van der Waals surface area contributed by atoms with Crippen LogP contribution in [0.25, 0.3) is 10.4 Å². The monoisotopic (exact) mass is 414 g/mol. The highest BCUT2D eigenvalue weighted by molar-refractivity contribution is 8.01. The summed E-state index contributed by atoms with van der Waals surface area (Å²) in [5.74, 6) is 0.571. The molecule has 0 aromatic carbocycles. The molecule has 0 spiro atoms. The first kappa shape index (κ1) is 20.3. The van der Waals surface area contributed by atoms with Gasteiger partial charge in [-0.3, -0.25) is 14.9 Å². The molecule has 3 rings (SSSR count). The van der Waals surface area contributed by atoms with Crippen molar-refractivity contribution in [2.75, 3.05) is 16.0 Å². The van der Waals surface area contributed by atoms with E-state index in [0.717, 1.165) is 11.8 Å². The van der Waals surface area contributed by atoms with Crippen molar-refractivity contribution in [3.05, 3.63) is 28.9 Å². The third-order valence-electron chi connectivity index (χ3n) is 3.71. The lowest BCUT2D eigenvalue weighted by molar-refractivity contribution is -0.118. The van der Waals surface area contributed by atoms with Crippen molar-refractivity contribution >= 4 is 47.1 Å². The molecule has 3 N–H and O–H groups in total. The summed E-state index contributed by atoms with van der Waals surface area (Å²) >= 11 is 1.11. The first-order chi connectivity index (χ1) is 13.8. The second kappa shape index (κ2) is 8.29. The molecule has 2 aromatic rings. The molecule has 1 aliphatic heterocycles. The molecule has 2 aromatic heterocycles. The molecule has 0 fully saturated rings. The molecule has 12 nitrogen and oxygen atoms in total. The maximum absolute atomic E-state index is 12.2. The number of amides is 2. The van der Waals surface area contributed by atoms with Crippen molar-refractivity contribution in [1.29, 1.82) is 0 Å². The highest BCUT2D eigenvalue weighted by atomic mass is 32.2. The van der Waals surface area contributed by atoms with Gasteiger partial charge in [-0.25, -0.2) is 15.0 Å². The largest absolute Gasteiger partial charge is 0.309 e. The van der Waals surface area contributed by atoms with Crippen LogP contribution >= 0.6 is 11.8 Å². The molecule has 0 bridgehead atoms. The van der Waals surface area contributed by atoms with Gasteiger partial charge in [-0.15, -0.1) is 0 Å². The summed E-state index contributed by atoms with van der Waals surface area (Å²) in [4.78, 5) is 42.6. The minimum Gasteiger partial charge on any atom is -0.309 e. The van der Waals surface area contributed by atoms with Crippen molar-refractivity contribution < 1.29 is 9.59 Å². The Morgan fingerprint density at radius 3 is 2.83 bits per heavy atom. The Morgan fingerprint density at radius 1 is 1.34 bits per heavy atom. The van der Waals surface area contributed by atoms with E-state index in [0.29, 0.717) is 23.0 Å². The molecule has 0 saturated heterocycles. The minimum absolute atomic E-state index is 0.125. The normalized spacial score (nSPS) is 17.7. The summed E-state index contributed by atoms with van der Waals surface area (Å²) in [5.41, 5.74) is 8.67. The molecule has 13 heteroatoms. The van der Waals surface area contributed by atoms with E-state index >= 15 is 0 Å². The Morgan fingerprint density at radius 2 is 2.10 bits per heavy atom. The van der Waals surface area contributed by atoms with Gasteiger partial charge in [0.1, 0.15) is 18.0 Å². The van der Waals surface area contributed by atoms with Gasteiger partial charge in [-0.2, -0.15) is 4.98 Å². The van der Waals surface area contributed by atoms with Crippen LogP contribution in [0.15, 0.2) is 28.5 Å². The topological polar surface area (TPSA) is 171 Å². The summed E-state index contributed by atoms with van der Waals surface area (Å²) in [7, 11) is 0. The number of nitrogens with zero attached hydrogens (tertiary/aromatic N) is 7. The van der Waals surface area contributed by atoms with Crippen molar-refractivity contribution in [3.63, 3.8) is 0 Å². The molecular weight excluding hydrogens is 396 g/mol. The van der Waals surface area contributed by atoms with Crippen LogP contribution in [-0.4, -0.2) is 36.6 Å². The molecule has 1 atom stereocenters. The number of azide groups is 1. The zero-order valence-corrected chi connectivity index (χ0v) is 16.7. The van der Waals surface area contributed by atoms with Gasteiger partial charge >= 0.3 is 0 Å². The maximum atomic E-state index is 12.2. The minimum atomic E-state index is -1.28. The van der Waals surface area contributed by atoms with E-state index in [9.17, 15) is 9.59 Å². The van der Waals surface area contributed by atoms with Crippen molar-refractivity contribution in [1.82, 2.24) is 19.9 Å². The fourth-order valence-corrected chi connectivity index (χ4v) is 3.38. The number of nitrogens with one attached hydrogen (secondary N) is 3. The fraction of sp³-hybridized carbons (Fsp3) is 0.375. The van der Waals surface area contributed by atoms with E-state index < -0.39 is 10.8 Å². The lowest BCUT2D eigenvalue weighted by Crippen LogP contribution is -2.38. The first-order valence-electron chi connectivity index (χ1n) is 8.63. The second-order valence-corrected chi connectivity index (χ2v) is 8.11. The number of aromatic nitrogens is 4. The molecule has 0 aliphatic carbocycles. The molecule has 150 valence electrons. The molecular formula is C16H18N10O2S. The number of thioether (sulfide) groups is 1. The van der Waals surface area contributed by atoms with Crippen LogP contribution in [0.1, 0.15) is 27.2 Å². The Kier molecular flexibility index (Phi) is 5.80. The molecule has 2 amide bonds. The Labute approximate surface area is 170 Å². The fourth-order valence-electron chi connectivity index (χ4n) is 2.40. The zero-order chi connectivity index (χ0) is 21.0. The SMILES string of the molecule is CC(C)CC(=O)Nc1ncnc(Nc2ccc3c(n2)NC(=O)C(C)(N=[N+]=[N-])S3)n1. The second-order valence-electron chi connectivity index (χ2n) is 6.68. The third kappa shape index (κ3) is 4.89. The number of rotatable bonds is 6. The number of hydrogen-bond donors (Lipinski definition) is 3. The van der Waals surface area contributed by atoms with E-state index in [-0.39, 0.29) is 23.7 Å². The van der Waals surface area contributed by atoms with Gasteiger partial charge in [0.25, 0.3) is 0 Å². The lowest BCUT2D eigenvalue weighted by atomic mass is 10.1. The summed E-state index contributed by atoms with van der Waals surface area (Å²) in [5, 5.41) is 11.7. The molecule has 0 saturated carbocycles. The average Bonchev–Trinajstić information content (AvgIpc) is 2.63. The first-order valence-corrected chi connectivity index (χ1v) is 9.44. The van der Waals surface area contributed by atoms with Crippen LogP contribution in [0.4, 0.5) is 23.5 Å². The zero-order valence-electron chi connectivity index (χ0n) is 15.9. The van der Waals surface area contributed by atoms with Crippen LogP contribution in [0, 0.1) is 5.92 Å². The predicted molar refractivity (Wildman–Crippen MR) is 107 cm³/mol. The quantitative estimate of drug-likeness (QED) is 0.367. The molecule has 1 aliphatic rings. The predicted octanol–water partition coefficient (Wildman–Crippen LogP) is 3.07. The van der Waals surface area contributed by atoms with E-state index in [1.54, 1.807) is 12.1 Å². The standard InChI is InChI=1S/C16H18N10O2S/c1-8(2)6-11(27)22-15-19-7-18-14(24-15)21-10-5-4-9-12(20-10)23-13(28)16(3,29-9)25-26-17/h4-5,7-8H,6H2,1-3H3,(H3,18,19,20,21,22,23,24,27,28). The number of carbonyl (C=O) groups excluding carboxylic acids is 2. The van der Waals surface area contributed by atoms with Gasteiger partial charge in [0.15, 0.2) is 4.87 Å². The van der Waals surface area contributed by atoms with Crippen molar-refractivity contribution in [2.45, 2.75) is 37.0 Å². The van der Waals surface area contributed by atoms with Crippen LogP contribution < -0.4 is 16.0 Å². The van der Waals surface area contributed by atoms with Crippen molar-refractivity contribution in [2.24, 2.45) is 11.0 Å². The van der Waals surface area contributed by atoms with Gasteiger partial charge in [0, 0.05) is 11.3 Å². The number of hydrogen-bond acceptors (Lipinski definition) is 9. The molecule has 29 heavy (non-hydrogen) atoms. The highest BCUT2D eigenvalue weighted by Gasteiger charge is 2.39. The lowest BCUT2D eigenvalue weighted by Gasteiger charge is -2.28. The molecule has 0 radical (unpaired) electrons. The Balaban J connectivity index is 1.75. The summed E-state index contributed by atoms with van der Waals surface area (Å²) in [6.45, 7) is 5.41. The van der Waals surface area contributed by atoms with E-state index in [1.807, 2.05) is 13.8 Å². The molecule has 3 heterocycles. The third-order valence-corrected chi connectivity index (χ3v) is 4.93. The van der Waals surface area contributed by atoms with E-state index in [1.165, 1.54) is 13.3 Å². The van der Waals surface area contributed by atoms with Gasteiger partial charge in [0.2, 0.25) is 23.7 Å². The number of anilines is 4. The summed E-state index contributed by atoms with van der Waals surface area (Å²) < 4.78 is 0. The van der Waals surface area contributed by atoms with Crippen molar-refractivity contribution in [3.8, 4) is 0 Å². The smallest absolute Gasteiger partial charge is 0.247 e. The van der Waals surface area contributed by atoms with E-state index in [2.05, 4.69) is 45.9 Å². The van der Waals surface area contributed by atoms with Crippen LogP contribution in [0.3, 0.4) is 0 Å². The summed E-state index contributed by atoms with van der Waals surface area (Å²) in [6, 6.07) is 3.40. The number of pyridine rings is 1. The van der Waals surface area contributed by atoms with Gasteiger partial charge in [-0.05, 0) is 30.5 Å². The molecule has 1 unspecified atom stereocenters. The Bertz CT molecular complexity index is 1010. The van der Waals surface area contributed by atoms with Crippen LogP contribution in [0.2, 0.25) is 0 Å². The van der Waals surface area contributed by atoms with Crippen LogP contribution in [-0.2, 0) is 9.59 Å². The highest BCUT2D eigenvalue weighted by Crippen LogP contribution is 2.42. The van der Waals surface area contributed by atoms with Crippen LogP contribution in [0.5, 0.6) is 0 Å². The maximum Gasteiger partial charge on any atom is 0.247 e. The summed E-state index contributed by atoms with van der Waals surface area (Å²) in [6.07, 6.45) is 1.62. The van der Waals surface area contributed by atoms with Gasteiger partial charge < -0.3 is 10.6 Å². The van der Waals surface area contributed by atoms with Gasteiger partial charge in [0.05, 0.1) is 4.90 Å². The van der Waals surface area contributed by atoms with Gasteiger partial charge in [-0.1, -0.05) is 30.7 Å². The average molecular weight is 414 g/mol.